The third-order valence-corrected chi connectivity index (χ3v) is 5.27. The molecule has 30 heavy (non-hydrogen) atoms. The van der Waals surface area contributed by atoms with Crippen LogP contribution in [0.2, 0.25) is 5.02 Å². The zero-order chi connectivity index (χ0) is 21.4. The lowest BCUT2D eigenvalue weighted by Crippen LogP contribution is -2.23. The summed E-state index contributed by atoms with van der Waals surface area (Å²) in [5.41, 5.74) is 3.63. The number of hydrogen-bond acceptors (Lipinski definition) is 8. The zero-order valence-electron chi connectivity index (χ0n) is 17.3. The van der Waals surface area contributed by atoms with Gasteiger partial charge in [0.15, 0.2) is 5.65 Å². The van der Waals surface area contributed by atoms with Crippen LogP contribution >= 0.6 is 11.6 Å². The lowest BCUT2D eigenvalue weighted by atomic mass is 10.3. The van der Waals surface area contributed by atoms with Crippen LogP contribution in [-0.2, 0) is 6.42 Å². The monoisotopic (exact) mass is 429 g/mol. The molecule has 0 spiro atoms. The van der Waals surface area contributed by atoms with Crippen LogP contribution in [0.4, 0.5) is 17.5 Å². The summed E-state index contributed by atoms with van der Waals surface area (Å²) >= 11 is 6.56. The van der Waals surface area contributed by atoms with E-state index in [1.807, 2.05) is 38.8 Å². The van der Waals surface area contributed by atoms with Gasteiger partial charge < -0.3 is 20.3 Å². The molecule has 0 bridgehead atoms. The molecule has 0 aliphatic carbocycles. The van der Waals surface area contributed by atoms with Crippen molar-refractivity contribution in [3.8, 4) is 0 Å². The van der Waals surface area contributed by atoms with Crippen molar-refractivity contribution >= 4 is 51.3 Å². The summed E-state index contributed by atoms with van der Waals surface area (Å²) < 4.78 is 1.77. The lowest BCUT2D eigenvalue weighted by molar-refractivity contribution is 0.304. The maximum Gasteiger partial charge on any atom is 0.231 e. The Kier molecular flexibility index (Phi) is 5.44. The summed E-state index contributed by atoms with van der Waals surface area (Å²) in [6.45, 7) is 6.49. The highest BCUT2D eigenvalue weighted by Crippen LogP contribution is 2.34. The van der Waals surface area contributed by atoms with E-state index < -0.39 is 0 Å². The van der Waals surface area contributed by atoms with Gasteiger partial charge in [-0.3, -0.25) is 0 Å². The maximum atomic E-state index is 9.37. The molecule has 4 aromatic heterocycles. The fourth-order valence-corrected chi connectivity index (χ4v) is 3.66. The second-order valence-electron chi connectivity index (χ2n) is 7.33. The number of rotatable bonds is 7. The Labute approximate surface area is 178 Å². The number of aliphatic hydroxyl groups excluding tert-OH is 1. The SMILES string of the molecule is CCc1[nH]c2nc(Nc3cnc4c(c3)nnn4C(C)C)nc(N(C)CCO)c2c1Cl. The number of aliphatic hydroxyl groups is 1. The van der Waals surface area contributed by atoms with Crippen molar-refractivity contribution in [3.05, 3.63) is 23.0 Å². The van der Waals surface area contributed by atoms with Crippen molar-refractivity contribution in [1.29, 1.82) is 0 Å². The number of aromatic amines is 1. The number of H-pyrrole nitrogens is 1. The molecular weight excluding hydrogens is 406 g/mol. The molecule has 0 fully saturated rings. The molecule has 0 atom stereocenters. The minimum absolute atomic E-state index is 0.000464. The second kappa shape index (κ2) is 8.04. The standard InChI is InChI=1S/C19H24ClN9O/c1-5-12-15(20)14-16(23-12)24-19(25-18(14)28(4)6-7-30)22-11-8-13-17(21-9-11)29(10(2)3)27-26-13/h8-10,30H,5-7H2,1-4H3,(H2,22,23,24,25). The van der Waals surface area contributed by atoms with Crippen LogP contribution in [0.1, 0.15) is 32.5 Å². The third-order valence-electron chi connectivity index (χ3n) is 4.85. The molecule has 0 unspecified atom stereocenters. The molecule has 0 saturated carbocycles. The van der Waals surface area contributed by atoms with Gasteiger partial charge in [-0.15, -0.1) is 5.10 Å². The quantitative estimate of drug-likeness (QED) is 0.410. The van der Waals surface area contributed by atoms with Gasteiger partial charge in [0.1, 0.15) is 17.0 Å². The van der Waals surface area contributed by atoms with E-state index in [1.165, 1.54) is 0 Å². The Balaban J connectivity index is 1.76. The minimum Gasteiger partial charge on any atom is -0.395 e. The van der Waals surface area contributed by atoms with Crippen molar-refractivity contribution < 1.29 is 5.11 Å². The highest BCUT2D eigenvalue weighted by atomic mass is 35.5. The van der Waals surface area contributed by atoms with Crippen LogP contribution in [0.25, 0.3) is 22.2 Å². The molecule has 4 aromatic rings. The van der Waals surface area contributed by atoms with E-state index in [9.17, 15) is 5.11 Å². The molecule has 0 aromatic carbocycles. The Morgan fingerprint density at radius 2 is 2.13 bits per heavy atom. The normalized spacial score (nSPS) is 11.7. The average molecular weight is 430 g/mol. The molecule has 3 N–H and O–H groups in total. The van der Waals surface area contributed by atoms with Crippen molar-refractivity contribution in [1.82, 2.24) is 34.9 Å². The number of hydrogen-bond donors (Lipinski definition) is 3. The largest absolute Gasteiger partial charge is 0.395 e. The number of fused-ring (bicyclic) bond motifs is 2. The fourth-order valence-electron chi connectivity index (χ4n) is 3.30. The summed E-state index contributed by atoms with van der Waals surface area (Å²) in [5.74, 6) is 1.03. The van der Waals surface area contributed by atoms with Gasteiger partial charge in [0.25, 0.3) is 0 Å². The summed E-state index contributed by atoms with van der Waals surface area (Å²) in [4.78, 5) is 18.9. The topological polar surface area (TPSA) is 121 Å². The van der Waals surface area contributed by atoms with Gasteiger partial charge in [-0.2, -0.15) is 9.97 Å². The van der Waals surface area contributed by atoms with E-state index in [4.69, 9.17) is 11.6 Å². The molecule has 0 amide bonds. The van der Waals surface area contributed by atoms with Crippen LogP contribution in [0.5, 0.6) is 0 Å². The third kappa shape index (κ3) is 3.52. The highest BCUT2D eigenvalue weighted by molar-refractivity contribution is 6.37. The van der Waals surface area contributed by atoms with E-state index in [0.717, 1.165) is 23.1 Å². The molecule has 158 valence electrons. The lowest BCUT2D eigenvalue weighted by Gasteiger charge is -2.18. The number of aryl methyl sites for hydroxylation is 1. The smallest absolute Gasteiger partial charge is 0.231 e. The van der Waals surface area contributed by atoms with E-state index >= 15 is 0 Å². The molecule has 11 heteroatoms. The first-order chi connectivity index (χ1) is 14.4. The van der Waals surface area contributed by atoms with E-state index in [-0.39, 0.29) is 12.6 Å². The number of anilines is 3. The summed E-state index contributed by atoms with van der Waals surface area (Å²) in [6.07, 6.45) is 2.45. The Morgan fingerprint density at radius 3 is 2.83 bits per heavy atom. The van der Waals surface area contributed by atoms with Gasteiger partial charge in [-0.1, -0.05) is 23.7 Å². The Hall–Kier alpha value is -2.98. The first-order valence-electron chi connectivity index (χ1n) is 9.81. The molecular formula is C19H24ClN9O. The number of nitrogens with zero attached hydrogens (tertiary/aromatic N) is 7. The molecule has 0 radical (unpaired) electrons. The molecule has 4 rings (SSSR count). The molecule has 0 saturated heterocycles. The molecule has 0 aliphatic rings. The van der Waals surface area contributed by atoms with Crippen LogP contribution in [0.3, 0.4) is 0 Å². The zero-order valence-corrected chi connectivity index (χ0v) is 18.1. The van der Waals surface area contributed by atoms with Gasteiger partial charge in [0.05, 0.1) is 34.9 Å². The first-order valence-corrected chi connectivity index (χ1v) is 10.2. The highest BCUT2D eigenvalue weighted by Gasteiger charge is 2.19. The van der Waals surface area contributed by atoms with Crippen molar-refractivity contribution in [2.45, 2.75) is 33.2 Å². The number of likely N-dealkylation sites (N-methyl/N-ethyl adjacent to an activating group) is 1. The van der Waals surface area contributed by atoms with Gasteiger partial charge in [0.2, 0.25) is 5.95 Å². The fraction of sp³-hybridized carbons (Fsp3) is 0.421. The van der Waals surface area contributed by atoms with Crippen molar-refractivity contribution in [2.75, 3.05) is 30.4 Å². The summed E-state index contributed by atoms with van der Waals surface area (Å²) in [6, 6.07) is 2.03. The van der Waals surface area contributed by atoms with Gasteiger partial charge in [-0.05, 0) is 26.3 Å². The molecule has 4 heterocycles. The van der Waals surface area contributed by atoms with Gasteiger partial charge in [-0.25, -0.2) is 9.67 Å². The van der Waals surface area contributed by atoms with Crippen LogP contribution in [0.15, 0.2) is 12.3 Å². The number of nitrogens with one attached hydrogen (secondary N) is 2. The number of pyridine rings is 1. The van der Waals surface area contributed by atoms with Gasteiger partial charge >= 0.3 is 0 Å². The average Bonchev–Trinajstić information content (AvgIpc) is 3.28. The molecule has 10 nitrogen and oxygen atoms in total. The van der Waals surface area contributed by atoms with Gasteiger partial charge in [0, 0.05) is 19.3 Å². The number of halogens is 1. The van der Waals surface area contributed by atoms with E-state index in [0.29, 0.717) is 40.2 Å². The van der Waals surface area contributed by atoms with Crippen LogP contribution in [-0.4, -0.2) is 60.2 Å². The first kappa shape index (κ1) is 20.3. The predicted molar refractivity (Wildman–Crippen MR) is 118 cm³/mol. The van der Waals surface area contributed by atoms with E-state index in [2.05, 4.69) is 35.6 Å². The summed E-state index contributed by atoms with van der Waals surface area (Å²) in [7, 11) is 1.86. The minimum atomic E-state index is -0.000464. The Morgan fingerprint density at radius 1 is 1.33 bits per heavy atom. The number of aromatic nitrogens is 7. The van der Waals surface area contributed by atoms with Crippen molar-refractivity contribution in [2.24, 2.45) is 0 Å². The van der Waals surface area contributed by atoms with Crippen molar-refractivity contribution in [3.63, 3.8) is 0 Å². The van der Waals surface area contributed by atoms with Crippen LogP contribution < -0.4 is 10.2 Å². The summed E-state index contributed by atoms with van der Waals surface area (Å²) in [5, 5.41) is 22.3. The van der Waals surface area contributed by atoms with Crippen LogP contribution in [0, 0.1) is 0 Å². The second-order valence-corrected chi connectivity index (χ2v) is 7.71. The maximum absolute atomic E-state index is 9.37. The van der Waals surface area contributed by atoms with E-state index in [1.54, 1.807) is 10.9 Å². The Bertz CT molecular complexity index is 1200. The predicted octanol–water partition coefficient (Wildman–Crippen LogP) is 3.07. The molecule has 0 aliphatic heterocycles.